The predicted octanol–water partition coefficient (Wildman–Crippen LogP) is 1.62. The lowest BCUT2D eigenvalue weighted by Crippen LogP contribution is -3.07. The molecule has 1 aromatic heterocycles. The summed E-state index contributed by atoms with van der Waals surface area (Å²) >= 11 is 0. The zero-order valence-electron chi connectivity index (χ0n) is 12.3. The number of benzene rings is 1. The number of phenols is 1. The van der Waals surface area contributed by atoms with Crippen LogP contribution in [0.4, 0.5) is 0 Å². The largest absolute Gasteiger partial charge is 0.508 e. The van der Waals surface area contributed by atoms with Crippen molar-refractivity contribution in [2.24, 2.45) is 0 Å². The Morgan fingerprint density at radius 1 is 1.30 bits per heavy atom. The number of hydrogen-bond acceptors (Lipinski definition) is 3. The first-order valence-corrected chi connectivity index (χ1v) is 7.09. The number of unbranched alkanes of at least 4 members (excludes halogenated alkanes) is 1. The molecule has 0 bridgehead atoms. The highest BCUT2D eigenvalue weighted by atomic mass is 16.4. The van der Waals surface area contributed by atoms with Crippen LogP contribution in [0.3, 0.4) is 0 Å². The average molecular weight is 276 g/mol. The number of aryl methyl sites for hydroxylation is 1. The van der Waals surface area contributed by atoms with Gasteiger partial charge >= 0.3 is 5.63 Å². The number of hydrogen-bond donors (Lipinski definition) is 2. The van der Waals surface area contributed by atoms with E-state index in [0.29, 0.717) is 11.1 Å². The van der Waals surface area contributed by atoms with Gasteiger partial charge in [-0.1, -0.05) is 13.3 Å². The monoisotopic (exact) mass is 276 g/mol. The number of nitrogens with one attached hydrogen (secondary N) is 1. The summed E-state index contributed by atoms with van der Waals surface area (Å²) in [6.45, 7) is 5.78. The molecule has 2 rings (SSSR count). The Balaban J connectivity index is 2.41. The summed E-state index contributed by atoms with van der Waals surface area (Å²) in [5, 5.41) is 10.7. The van der Waals surface area contributed by atoms with Crippen LogP contribution in [0.25, 0.3) is 11.0 Å². The lowest BCUT2D eigenvalue weighted by Gasteiger charge is -2.14. The number of rotatable bonds is 5. The second-order valence-electron chi connectivity index (χ2n) is 5.46. The van der Waals surface area contributed by atoms with Crippen molar-refractivity contribution in [3.8, 4) is 5.75 Å². The molecule has 1 aromatic carbocycles. The lowest BCUT2D eigenvalue weighted by atomic mass is 10.1. The molecule has 0 fully saturated rings. The lowest BCUT2D eigenvalue weighted by molar-refractivity contribution is -0.893. The summed E-state index contributed by atoms with van der Waals surface area (Å²) in [6.07, 6.45) is 2.32. The van der Waals surface area contributed by atoms with Gasteiger partial charge in [0.15, 0.2) is 0 Å². The first-order valence-electron chi connectivity index (χ1n) is 7.09. The smallest absolute Gasteiger partial charge is 0.336 e. The molecule has 0 spiro atoms. The minimum absolute atomic E-state index is 0.235. The molecule has 0 amide bonds. The molecular weight excluding hydrogens is 254 g/mol. The van der Waals surface area contributed by atoms with Crippen LogP contribution >= 0.6 is 0 Å². The molecule has 0 radical (unpaired) electrons. The summed E-state index contributed by atoms with van der Waals surface area (Å²) in [4.78, 5) is 13.0. The normalized spacial score (nSPS) is 12.8. The van der Waals surface area contributed by atoms with Gasteiger partial charge in [0, 0.05) is 17.0 Å². The second-order valence-corrected chi connectivity index (χ2v) is 5.46. The van der Waals surface area contributed by atoms with Gasteiger partial charge in [-0.2, -0.15) is 0 Å². The fourth-order valence-electron chi connectivity index (χ4n) is 2.40. The maximum Gasteiger partial charge on any atom is 0.336 e. The summed E-state index contributed by atoms with van der Waals surface area (Å²) in [5.41, 5.74) is 1.86. The molecule has 1 unspecified atom stereocenters. The molecular formula is C16H22NO3+. The third-order valence-corrected chi connectivity index (χ3v) is 3.60. The van der Waals surface area contributed by atoms with Gasteiger partial charge in [-0.05, 0) is 31.0 Å². The van der Waals surface area contributed by atoms with Crippen molar-refractivity contribution in [1.29, 1.82) is 0 Å². The minimum atomic E-state index is -0.333. The highest BCUT2D eigenvalue weighted by Gasteiger charge is 2.12. The quantitative estimate of drug-likeness (QED) is 0.816. The van der Waals surface area contributed by atoms with Gasteiger partial charge < -0.3 is 14.4 Å². The Morgan fingerprint density at radius 2 is 2.05 bits per heavy atom. The standard InChI is InChI=1S/C16H21NO3/c1-4-5-6-17(3)10-12-8-16(19)20-15-7-11(2)14(18)9-13(12)15/h7-9,18H,4-6,10H2,1-3H3/p+1. The molecule has 0 aliphatic carbocycles. The second kappa shape index (κ2) is 6.09. The van der Waals surface area contributed by atoms with Gasteiger partial charge in [-0.25, -0.2) is 4.79 Å². The molecule has 4 heteroatoms. The van der Waals surface area contributed by atoms with Crippen molar-refractivity contribution in [2.75, 3.05) is 13.6 Å². The Morgan fingerprint density at radius 3 is 2.75 bits per heavy atom. The molecule has 0 saturated carbocycles. The first-order chi connectivity index (χ1) is 9.51. The van der Waals surface area contributed by atoms with E-state index in [1.165, 1.54) is 11.0 Å². The van der Waals surface area contributed by atoms with Crippen LogP contribution in [0.5, 0.6) is 5.75 Å². The van der Waals surface area contributed by atoms with Crippen LogP contribution in [0.2, 0.25) is 0 Å². The average Bonchev–Trinajstić information content (AvgIpc) is 2.38. The van der Waals surface area contributed by atoms with E-state index in [9.17, 15) is 9.90 Å². The highest BCUT2D eigenvalue weighted by Crippen LogP contribution is 2.25. The van der Waals surface area contributed by atoms with Gasteiger partial charge in [0.2, 0.25) is 0 Å². The molecule has 4 nitrogen and oxygen atoms in total. The van der Waals surface area contributed by atoms with E-state index >= 15 is 0 Å². The molecule has 2 aromatic rings. The van der Waals surface area contributed by atoms with E-state index in [1.54, 1.807) is 19.1 Å². The summed E-state index contributed by atoms with van der Waals surface area (Å²) in [7, 11) is 2.12. The third-order valence-electron chi connectivity index (χ3n) is 3.60. The van der Waals surface area contributed by atoms with Crippen molar-refractivity contribution in [3.05, 3.63) is 39.7 Å². The Hall–Kier alpha value is -1.81. The molecule has 2 N–H and O–H groups in total. The van der Waals surface area contributed by atoms with Crippen molar-refractivity contribution in [2.45, 2.75) is 33.2 Å². The van der Waals surface area contributed by atoms with Crippen molar-refractivity contribution >= 4 is 11.0 Å². The Bertz CT molecular complexity index is 661. The van der Waals surface area contributed by atoms with E-state index in [-0.39, 0.29) is 11.4 Å². The number of aromatic hydroxyl groups is 1. The Kier molecular flexibility index (Phi) is 4.45. The maximum atomic E-state index is 11.7. The zero-order chi connectivity index (χ0) is 14.7. The van der Waals surface area contributed by atoms with Crippen LogP contribution in [0.15, 0.2) is 27.4 Å². The summed E-state index contributed by atoms with van der Waals surface area (Å²) < 4.78 is 5.22. The van der Waals surface area contributed by atoms with E-state index in [1.807, 2.05) is 0 Å². The first kappa shape index (κ1) is 14.6. The number of phenolic OH excluding ortho intramolecular Hbond substituents is 1. The van der Waals surface area contributed by atoms with E-state index in [4.69, 9.17) is 4.42 Å². The topological polar surface area (TPSA) is 54.9 Å². The molecule has 0 aliphatic rings. The van der Waals surface area contributed by atoms with Gasteiger partial charge in [0.25, 0.3) is 0 Å². The predicted molar refractivity (Wildman–Crippen MR) is 79.3 cm³/mol. The number of fused-ring (bicyclic) bond motifs is 1. The van der Waals surface area contributed by atoms with Crippen molar-refractivity contribution in [1.82, 2.24) is 0 Å². The zero-order valence-corrected chi connectivity index (χ0v) is 12.3. The summed E-state index contributed by atoms with van der Waals surface area (Å²) in [6, 6.07) is 4.94. The molecule has 20 heavy (non-hydrogen) atoms. The molecule has 1 atom stereocenters. The molecule has 1 heterocycles. The summed E-state index contributed by atoms with van der Waals surface area (Å²) in [5.74, 6) is 0.235. The maximum absolute atomic E-state index is 11.7. The van der Waals surface area contributed by atoms with Gasteiger partial charge in [-0.3, -0.25) is 0 Å². The van der Waals surface area contributed by atoms with Crippen LogP contribution in [-0.2, 0) is 6.54 Å². The van der Waals surface area contributed by atoms with Crippen molar-refractivity contribution < 1.29 is 14.4 Å². The third kappa shape index (κ3) is 3.20. The van der Waals surface area contributed by atoms with Crippen LogP contribution in [-0.4, -0.2) is 18.7 Å². The van der Waals surface area contributed by atoms with Gasteiger partial charge in [0.05, 0.1) is 13.6 Å². The van der Waals surface area contributed by atoms with Crippen LogP contribution in [0.1, 0.15) is 30.9 Å². The van der Waals surface area contributed by atoms with Crippen molar-refractivity contribution in [3.63, 3.8) is 0 Å². The van der Waals surface area contributed by atoms with Crippen LogP contribution < -0.4 is 10.5 Å². The number of quaternary nitrogens is 1. The Labute approximate surface area is 118 Å². The van der Waals surface area contributed by atoms with E-state index < -0.39 is 0 Å². The fraction of sp³-hybridized carbons (Fsp3) is 0.438. The van der Waals surface area contributed by atoms with Crippen LogP contribution in [0, 0.1) is 6.92 Å². The van der Waals surface area contributed by atoms with Gasteiger partial charge in [-0.15, -0.1) is 0 Å². The van der Waals surface area contributed by atoms with E-state index in [0.717, 1.165) is 36.9 Å². The SMILES string of the molecule is CCCC[NH+](C)Cc1cc(=O)oc2cc(C)c(O)cc12. The fourth-order valence-corrected chi connectivity index (χ4v) is 2.40. The van der Waals surface area contributed by atoms with E-state index in [2.05, 4.69) is 14.0 Å². The highest BCUT2D eigenvalue weighted by molar-refractivity contribution is 5.82. The van der Waals surface area contributed by atoms with Gasteiger partial charge in [0.1, 0.15) is 17.9 Å². The molecule has 0 aliphatic heterocycles. The minimum Gasteiger partial charge on any atom is -0.508 e. The molecule has 108 valence electrons. The molecule has 0 saturated heterocycles.